The summed E-state index contributed by atoms with van der Waals surface area (Å²) in [4.78, 5) is 3.94. The number of nitrogen functional groups attached to an aromatic ring is 2. The van der Waals surface area contributed by atoms with Crippen LogP contribution in [0.1, 0.15) is 11.6 Å². The molecular weight excluding hydrogens is 178 g/mol. The Kier molecular flexibility index (Phi) is 2.51. The van der Waals surface area contributed by atoms with Crippen LogP contribution in [-0.2, 0) is 0 Å². The Morgan fingerprint density at radius 3 is 2.50 bits per heavy atom. The number of aromatic nitrogens is 1. The molecule has 1 aliphatic rings. The summed E-state index contributed by atoms with van der Waals surface area (Å²) in [6.07, 6.45) is 0. The SMILES string of the molecule is Nc1cc(C2CNCCN2)cc(N)n1. The zero-order chi connectivity index (χ0) is 9.97. The van der Waals surface area contributed by atoms with Gasteiger partial charge in [0.05, 0.1) is 0 Å². The molecule has 0 spiro atoms. The summed E-state index contributed by atoms with van der Waals surface area (Å²) in [6.45, 7) is 2.88. The molecule has 0 aliphatic carbocycles. The van der Waals surface area contributed by atoms with E-state index >= 15 is 0 Å². The van der Waals surface area contributed by atoms with E-state index in [-0.39, 0.29) is 6.04 Å². The van der Waals surface area contributed by atoms with Crippen molar-refractivity contribution < 1.29 is 0 Å². The molecule has 0 radical (unpaired) electrons. The lowest BCUT2D eigenvalue weighted by Crippen LogP contribution is -2.42. The van der Waals surface area contributed by atoms with Gasteiger partial charge in [0.2, 0.25) is 0 Å². The molecule has 5 nitrogen and oxygen atoms in total. The highest BCUT2D eigenvalue weighted by molar-refractivity contribution is 5.44. The number of rotatable bonds is 1. The Balaban J connectivity index is 2.21. The third-order valence-electron chi connectivity index (χ3n) is 2.33. The van der Waals surface area contributed by atoms with E-state index in [1.807, 2.05) is 12.1 Å². The first-order chi connectivity index (χ1) is 6.75. The van der Waals surface area contributed by atoms with Crippen LogP contribution >= 0.6 is 0 Å². The summed E-state index contributed by atoms with van der Waals surface area (Å²) in [5, 5.41) is 6.70. The Bertz CT molecular complexity index is 299. The van der Waals surface area contributed by atoms with E-state index in [0.717, 1.165) is 25.2 Å². The average Bonchev–Trinajstić information content (AvgIpc) is 2.18. The topological polar surface area (TPSA) is 89.0 Å². The first-order valence-corrected chi connectivity index (χ1v) is 4.73. The Hall–Kier alpha value is -1.33. The van der Waals surface area contributed by atoms with Crippen LogP contribution in [0.5, 0.6) is 0 Å². The second-order valence-electron chi connectivity index (χ2n) is 3.46. The summed E-state index contributed by atoms with van der Waals surface area (Å²) in [5.74, 6) is 0.958. The minimum atomic E-state index is 0.288. The number of hydrogen-bond acceptors (Lipinski definition) is 5. The van der Waals surface area contributed by atoms with E-state index in [0.29, 0.717) is 11.6 Å². The van der Waals surface area contributed by atoms with Crippen LogP contribution in [0, 0.1) is 0 Å². The number of pyridine rings is 1. The van der Waals surface area contributed by atoms with Gasteiger partial charge in [-0.15, -0.1) is 0 Å². The molecular formula is C9H15N5. The second kappa shape index (κ2) is 3.81. The third-order valence-corrected chi connectivity index (χ3v) is 2.33. The molecule has 1 atom stereocenters. The highest BCUT2D eigenvalue weighted by atomic mass is 15.1. The number of nitrogens with zero attached hydrogens (tertiary/aromatic N) is 1. The van der Waals surface area contributed by atoms with Crippen molar-refractivity contribution in [1.29, 1.82) is 0 Å². The number of nitrogens with two attached hydrogens (primary N) is 2. The first kappa shape index (κ1) is 9.23. The molecule has 76 valence electrons. The van der Waals surface area contributed by atoms with Gasteiger partial charge in [0, 0.05) is 25.7 Å². The molecule has 1 saturated heterocycles. The van der Waals surface area contributed by atoms with Gasteiger partial charge in [-0.1, -0.05) is 0 Å². The lowest BCUT2D eigenvalue weighted by Gasteiger charge is -2.25. The van der Waals surface area contributed by atoms with Crippen molar-refractivity contribution in [2.45, 2.75) is 6.04 Å². The maximum absolute atomic E-state index is 5.63. The molecule has 1 aromatic rings. The third kappa shape index (κ3) is 1.94. The molecule has 1 unspecified atom stereocenters. The highest BCUT2D eigenvalue weighted by Gasteiger charge is 2.14. The minimum Gasteiger partial charge on any atom is -0.384 e. The van der Waals surface area contributed by atoms with E-state index in [9.17, 15) is 0 Å². The zero-order valence-electron chi connectivity index (χ0n) is 7.96. The monoisotopic (exact) mass is 193 g/mol. The highest BCUT2D eigenvalue weighted by Crippen LogP contribution is 2.17. The summed E-state index contributed by atoms with van der Waals surface area (Å²) in [5.41, 5.74) is 12.4. The van der Waals surface area contributed by atoms with Crippen LogP contribution in [-0.4, -0.2) is 24.6 Å². The number of hydrogen-bond donors (Lipinski definition) is 4. The zero-order valence-corrected chi connectivity index (χ0v) is 7.96. The van der Waals surface area contributed by atoms with Crippen LogP contribution in [0.15, 0.2) is 12.1 Å². The predicted molar refractivity (Wildman–Crippen MR) is 56.7 cm³/mol. The van der Waals surface area contributed by atoms with Crippen LogP contribution in [0.3, 0.4) is 0 Å². The Labute approximate surface area is 82.9 Å². The Morgan fingerprint density at radius 1 is 1.21 bits per heavy atom. The van der Waals surface area contributed by atoms with Crippen molar-refractivity contribution in [2.75, 3.05) is 31.1 Å². The van der Waals surface area contributed by atoms with Gasteiger partial charge < -0.3 is 22.1 Å². The predicted octanol–water partition coefficient (Wildman–Crippen LogP) is -0.520. The van der Waals surface area contributed by atoms with E-state index < -0.39 is 0 Å². The molecule has 5 heteroatoms. The molecule has 6 N–H and O–H groups in total. The van der Waals surface area contributed by atoms with Gasteiger partial charge in [-0.3, -0.25) is 0 Å². The lowest BCUT2D eigenvalue weighted by atomic mass is 10.1. The van der Waals surface area contributed by atoms with Crippen molar-refractivity contribution in [3.8, 4) is 0 Å². The van der Waals surface area contributed by atoms with Crippen LogP contribution in [0.2, 0.25) is 0 Å². The molecule has 0 aromatic carbocycles. The molecule has 14 heavy (non-hydrogen) atoms. The number of anilines is 2. The first-order valence-electron chi connectivity index (χ1n) is 4.73. The molecule has 1 aliphatic heterocycles. The fourth-order valence-corrected chi connectivity index (χ4v) is 1.69. The molecule has 0 amide bonds. The van der Waals surface area contributed by atoms with Crippen molar-refractivity contribution in [3.63, 3.8) is 0 Å². The van der Waals surface area contributed by atoms with Crippen molar-refractivity contribution in [2.24, 2.45) is 0 Å². The van der Waals surface area contributed by atoms with Gasteiger partial charge in [-0.25, -0.2) is 4.98 Å². The van der Waals surface area contributed by atoms with E-state index in [1.54, 1.807) is 0 Å². The second-order valence-corrected chi connectivity index (χ2v) is 3.46. The van der Waals surface area contributed by atoms with Crippen molar-refractivity contribution in [1.82, 2.24) is 15.6 Å². The smallest absolute Gasteiger partial charge is 0.126 e. The number of nitrogens with one attached hydrogen (secondary N) is 2. The van der Waals surface area contributed by atoms with E-state index in [4.69, 9.17) is 11.5 Å². The molecule has 0 saturated carbocycles. The lowest BCUT2D eigenvalue weighted by molar-refractivity contribution is 0.430. The summed E-state index contributed by atoms with van der Waals surface area (Å²) < 4.78 is 0. The minimum absolute atomic E-state index is 0.288. The van der Waals surface area contributed by atoms with Crippen molar-refractivity contribution in [3.05, 3.63) is 17.7 Å². The maximum Gasteiger partial charge on any atom is 0.126 e. The number of piperazine rings is 1. The van der Waals surface area contributed by atoms with Crippen LogP contribution in [0.25, 0.3) is 0 Å². The normalized spacial score (nSPS) is 22.1. The quantitative estimate of drug-likeness (QED) is 0.482. The van der Waals surface area contributed by atoms with Crippen LogP contribution in [0.4, 0.5) is 11.6 Å². The fourth-order valence-electron chi connectivity index (χ4n) is 1.69. The molecule has 0 bridgehead atoms. The standard InChI is InChI=1S/C9H15N5/c10-8-3-6(4-9(11)14-8)7-5-12-1-2-13-7/h3-4,7,12-13H,1-2,5H2,(H4,10,11,14). The van der Waals surface area contributed by atoms with Gasteiger partial charge in [0.25, 0.3) is 0 Å². The maximum atomic E-state index is 5.63. The van der Waals surface area contributed by atoms with E-state index in [1.165, 1.54) is 0 Å². The van der Waals surface area contributed by atoms with Gasteiger partial charge in [-0.2, -0.15) is 0 Å². The molecule has 1 fully saturated rings. The molecule has 1 aromatic heterocycles. The van der Waals surface area contributed by atoms with Gasteiger partial charge >= 0.3 is 0 Å². The summed E-state index contributed by atoms with van der Waals surface area (Å²) in [6, 6.07) is 4.01. The van der Waals surface area contributed by atoms with Gasteiger partial charge in [0.15, 0.2) is 0 Å². The molecule has 2 rings (SSSR count). The average molecular weight is 193 g/mol. The van der Waals surface area contributed by atoms with Gasteiger partial charge in [-0.05, 0) is 17.7 Å². The van der Waals surface area contributed by atoms with E-state index in [2.05, 4.69) is 15.6 Å². The largest absolute Gasteiger partial charge is 0.384 e. The van der Waals surface area contributed by atoms with Crippen molar-refractivity contribution >= 4 is 11.6 Å². The fraction of sp³-hybridized carbons (Fsp3) is 0.444. The Morgan fingerprint density at radius 2 is 1.93 bits per heavy atom. The summed E-state index contributed by atoms with van der Waals surface area (Å²) >= 11 is 0. The summed E-state index contributed by atoms with van der Waals surface area (Å²) in [7, 11) is 0. The van der Waals surface area contributed by atoms with Gasteiger partial charge in [0.1, 0.15) is 11.6 Å². The van der Waals surface area contributed by atoms with Crippen LogP contribution < -0.4 is 22.1 Å². The molecule has 2 heterocycles.